The number of rotatable bonds is 3. The first-order chi connectivity index (χ1) is 6.95. The largest absolute Gasteiger partial charge is 0.320 e. The lowest BCUT2D eigenvalue weighted by Crippen LogP contribution is -2.45. The molecular weight excluding hydrogens is 198 g/mol. The molecule has 0 bridgehead atoms. The van der Waals surface area contributed by atoms with Crippen LogP contribution in [0.5, 0.6) is 0 Å². The van der Waals surface area contributed by atoms with Crippen molar-refractivity contribution in [2.24, 2.45) is 5.73 Å². The average Bonchev–Trinajstić information content (AvgIpc) is 2.17. The highest BCUT2D eigenvalue weighted by Crippen LogP contribution is 2.18. The van der Waals surface area contributed by atoms with Crippen LogP contribution in [0.1, 0.15) is 18.1 Å². The zero-order chi connectivity index (χ0) is 11.5. The van der Waals surface area contributed by atoms with Gasteiger partial charge in [-0.3, -0.25) is 0 Å². The molecule has 0 heterocycles. The van der Waals surface area contributed by atoms with Gasteiger partial charge in [0.2, 0.25) is 0 Å². The molecule has 15 heavy (non-hydrogen) atoms. The first-order valence-corrected chi connectivity index (χ1v) is 4.52. The van der Waals surface area contributed by atoms with E-state index in [9.17, 15) is 8.78 Å². The van der Waals surface area contributed by atoms with Gasteiger partial charge >= 0.3 is 0 Å². The molecule has 80 valence electrons. The fourth-order valence-electron chi connectivity index (χ4n) is 1.27. The number of benzene rings is 1. The Bertz CT molecular complexity index is 380. The quantitative estimate of drug-likeness (QED) is 0.830. The first kappa shape index (κ1) is 11.6. The average molecular weight is 210 g/mol. The van der Waals surface area contributed by atoms with Gasteiger partial charge in [-0.1, -0.05) is 12.1 Å². The van der Waals surface area contributed by atoms with E-state index in [0.29, 0.717) is 11.1 Å². The Labute approximate surface area is 87.3 Å². The second-order valence-electron chi connectivity index (χ2n) is 3.80. The lowest BCUT2D eigenvalue weighted by Gasteiger charge is -2.23. The summed E-state index contributed by atoms with van der Waals surface area (Å²) < 4.78 is 25.0. The molecule has 0 fully saturated rings. The van der Waals surface area contributed by atoms with E-state index in [2.05, 4.69) is 0 Å². The molecule has 2 nitrogen and oxygen atoms in total. The number of nitrogens with two attached hydrogens (primary N) is 1. The molecule has 0 spiro atoms. The van der Waals surface area contributed by atoms with Gasteiger partial charge in [-0.05, 0) is 31.0 Å². The zero-order valence-electron chi connectivity index (χ0n) is 8.37. The summed E-state index contributed by atoms with van der Waals surface area (Å²) in [5, 5.41) is 8.64. The summed E-state index contributed by atoms with van der Waals surface area (Å²) >= 11 is 0. The van der Waals surface area contributed by atoms with E-state index in [1.165, 1.54) is 6.92 Å². The van der Waals surface area contributed by atoms with E-state index in [1.54, 1.807) is 24.3 Å². The van der Waals surface area contributed by atoms with Crippen LogP contribution in [0.2, 0.25) is 0 Å². The van der Waals surface area contributed by atoms with Crippen molar-refractivity contribution < 1.29 is 8.78 Å². The Balaban J connectivity index is 2.86. The molecule has 1 atom stereocenters. The van der Waals surface area contributed by atoms with Crippen molar-refractivity contribution in [1.82, 2.24) is 0 Å². The maximum absolute atomic E-state index is 12.5. The number of hydrogen-bond donors (Lipinski definition) is 1. The Morgan fingerprint density at radius 3 is 2.73 bits per heavy atom. The molecule has 0 radical (unpaired) electrons. The fraction of sp³-hybridized carbons (Fsp3) is 0.364. The van der Waals surface area contributed by atoms with Gasteiger partial charge in [-0.2, -0.15) is 5.26 Å². The minimum absolute atomic E-state index is 0.0557. The van der Waals surface area contributed by atoms with E-state index in [4.69, 9.17) is 11.0 Å². The van der Waals surface area contributed by atoms with Gasteiger partial charge in [0, 0.05) is 0 Å². The Morgan fingerprint density at radius 2 is 2.20 bits per heavy atom. The van der Waals surface area contributed by atoms with Crippen molar-refractivity contribution in [3.63, 3.8) is 0 Å². The number of nitriles is 1. The Hall–Kier alpha value is -1.47. The highest BCUT2D eigenvalue weighted by molar-refractivity contribution is 5.33. The molecular formula is C11H12F2N2. The lowest BCUT2D eigenvalue weighted by molar-refractivity contribution is 0.0639. The first-order valence-electron chi connectivity index (χ1n) is 4.52. The summed E-state index contributed by atoms with van der Waals surface area (Å²) in [4.78, 5) is 0. The van der Waals surface area contributed by atoms with Gasteiger partial charge in [-0.25, -0.2) is 8.78 Å². The summed E-state index contributed by atoms with van der Waals surface area (Å²) in [6, 6.07) is 8.51. The van der Waals surface area contributed by atoms with Gasteiger partial charge in [0.1, 0.15) is 0 Å². The molecule has 4 heteroatoms. The zero-order valence-corrected chi connectivity index (χ0v) is 8.37. The number of nitrogens with zero attached hydrogens (tertiary/aromatic N) is 1. The molecule has 0 amide bonds. The third-order valence-corrected chi connectivity index (χ3v) is 2.14. The van der Waals surface area contributed by atoms with Crippen LogP contribution in [-0.2, 0) is 6.42 Å². The minimum atomic E-state index is -2.58. The van der Waals surface area contributed by atoms with Crippen molar-refractivity contribution in [3.05, 3.63) is 35.4 Å². The smallest absolute Gasteiger partial charge is 0.256 e. The number of hydrogen-bond acceptors (Lipinski definition) is 2. The molecule has 1 aromatic rings. The maximum atomic E-state index is 12.5. The molecule has 1 unspecified atom stereocenters. The van der Waals surface area contributed by atoms with Crippen molar-refractivity contribution >= 4 is 0 Å². The molecule has 1 rings (SSSR count). The molecule has 0 aliphatic carbocycles. The topological polar surface area (TPSA) is 49.8 Å². The van der Waals surface area contributed by atoms with Gasteiger partial charge in [0.25, 0.3) is 6.43 Å². The lowest BCUT2D eigenvalue weighted by atomic mass is 9.94. The normalized spacial score (nSPS) is 14.7. The Morgan fingerprint density at radius 1 is 1.53 bits per heavy atom. The van der Waals surface area contributed by atoms with E-state index in [1.807, 2.05) is 6.07 Å². The van der Waals surface area contributed by atoms with Gasteiger partial charge < -0.3 is 5.73 Å². The van der Waals surface area contributed by atoms with Gasteiger partial charge in [-0.15, -0.1) is 0 Å². The number of alkyl halides is 2. The summed E-state index contributed by atoms with van der Waals surface area (Å²) in [7, 11) is 0. The third kappa shape index (κ3) is 3.00. The predicted molar refractivity (Wildman–Crippen MR) is 53.5 cm³/mol. The minimum Gasteiger partial charge on any atom is -0.320 e. The Kier molecular flexibility index (Phi) is 3.38. The molecule has 0 aliphatic rings. The van der Waals surface area contributed by atoms with Crippen LogP contribution in [0.25, 0.3) is 0 Å². The van der Waals surface area contributed by atoms with Crippen molar-refractivity contribution in [3.8, 4) is 6.07 Å². The highest BCUT2D eigenvalue weighted by atomic mass is 19.3. The van der Waals surface area contributed by atoms with Crippen LogP contribution in [0.3, 0.4) is 0 Å². The van der Waals surface area contributed by atoms with Crippen molar-refractivity contribution in [2.75, 3.05) is 0 Å². The van der Waals surface area contributed by atoms with Crippen molar-refractivity contribution in [2.45, 2.75) is 25.3 Å². The van der Waals surface area contributed by atoms with E-state index < -0.39 is 12.0 Å². The SMILES string of the molecule is CC(N)(Cc1cccc(C#N)c1)C(F)F. The van der Waals surface area contributed by atoms with E-state index in [0.717, 1.165) is 0 Å². The molecule has 0 saturated carbocycles. The van der Waals surface area contributed by atoms with Crippen molar-refractivity contribution in [1.29, 1.82) is 5.26 Å². The molecule has 0 saturated heterocycles. The second kappa shape index (κ2) is 4.37. The summed E-state index contributed by atoms with van der Waals surface area (Å²) in [5.41, 5.74) is 5.01. The monoisotopic (exact) mass is 210 g/mol. The van der Waals surface area contributed by atoms with Gasteiger partial charge in [0.05, 0.1) is 17.2 Å². The molecule has 1 aromatic carbocycles. The summed E-state index contributed by atoms with van der Waals surface area (Å²) in [6.07, 6.45) is -2.52. The number of halogens is 2. The molecule has 0 aromatic heterocycles. The maximum Gasteiger partial charge on any atom is 0.256 e. The van der Waals surface area contributed by atoms with Crippen LogP contribution in [0.15, 0.2) is 24.3 Å². The van der Waals surface area contributed by atoms with Crippen LogP contribution in [0, 0.1) is 11.3 Å². The second-order valence-corrected chi connectivity index (χ2v) is 3.80. The third-order valence-electron chi connectivity index (χ3n) is 2.14. The summed E-state index contributed by atoms with van der Waals surface area (Å²) in [5.74, 6) is 0. The van der Waals surface area contributed by atoms with E-state index in [-0.39, 0.29) is 6.42 Å². The molecule has 0 aliphatic heterocycles. The predicted octanol–water partition coefficient (Wildman–Crippen LogP) is 2.08. The van der Waals surface area contributed by atoms with Gasteiger partial charge in [0.15, 0.2) is 0 Å². The highest BCUT2D eigenvalue weighted by Gasteiger charge is 2.30. The molecule has 2 N–H and O–H groups in total. The summed E-state index contributed by atoms with van der Waals surface area (Å²) in [6.45, 7) is 1.30. The van der Waals surface area contributed by atoms with Crippen LogP contribution in [-0.4, -0.2) is 12.0 Å². The standard InChI is InChI=1S/C11H12F2N2/c1-11(15,10(12)13)6-8-3-2-4-9(5-8)7-14/h2-5,10H,6,15H2,1H3. The fourth-order valence-corrected chi connectivity index (χ4v) is 1.27. The van der Waals surface area contributed by atoms with Crippen LogP contribution < -0.4 is 5.73 Å². The van der Waals surface area contributed by atoms with Crippen LogP contribution >= 0.6 is 0 Å². The van der Waals surface area contributed by atoms with Crippen LogP contribution in [0.4, 0.5) is 8.78 Å². The van der Waals surface area contributed by atoms with E-state index >= 15 is 0 Å².